The highest BCUT2D eigenvalue weighted by atomic mass is 16.5. The number of anilines is 3. The summed E-state index contributed by atoms with van der Waals surface area (Å²) >= 11 is 0. The number of hydrogen-bond donors (Lipinski definition) is 2. The molecule has 1 heterocycles. The predicted molar refractivity (Wildman–Crippen MR) is 106 cm³/mol. The molecule has 0 saturated heterocycles. The third-order valence-electron chi connectivity index (χ3n) is 3.97. The van der Waals surface area contributed by atoms with Crippen LogP contribution < -0.4 is 20.1 Å². The number of hydrogen-bond acceptors (Lipinski definition) is 5. The fraction of sp³-hybridized carbons (Fsp3) is 0.143. The zero-order valence-electron chi connectivity index (χ0n) is 15.4. The second kappa shape index (κ2) is 8.23. The Morgan fingerprint density at radius 3 is 2.52 bits per heavy atom. The molecule has 0 radical (unpaired) electrons. The molecule has 27 heavy (non-hydrogen) atoms. The number of nitrogens with zero attached hydrogens (tertiary/aromatic N) is 1. The van der Waals surface area contributed by atoms with Crippen molar-refractivity contribution in [1.82, 2.24) is 4.98 Å². The van der Waals surface area contributed by atoms with E-state index < -0.39 is 0 Å². The van der Waals surface area contributed by atoms with E-state index in [0.717, 1.165) is 11.3 Å². The molecule has 2 aromatic carbocycles. The molecule has 0 unspecified atom stereocenters. The summed E-state index contributed by atoms with van der Waals surface area (Å²) in [5.74, 6) is 1.56. The van der Waals surface area contributed by atoms with Gasteiger partial charge in [-0.25, -0.2) is 4.98 Å². The zero-order chi connectivity index (χ0) is 19.2. The summed E-state index contributed by atoms with van der Waals surface area (Å²) < 4.78 is 10.5. The SMILES string of the molecule is COc1ccc(OC)c(NC(=O)c2ccc(Nc3cccc(C)c3)nc2)c1. The molecule has 0 spiro atoms. The van der Waals surface area contributed by atoms with E-state index in [4.69, 9.17) is 9.47 Å². The molecule has 1 amide bonds. The molecule has 6 nitrogen and oxygen atoms in total. The maximum atomic E-state index is 12.5. The van der Waals surface area contributed by atoms with Crippen LogP contribution in [0.5, 0.6) is 11.5 Å². The van der Waals surface area contributed by atoms with E-state index in [1.54, 1.807) is 44.6 Å². The summed E-state index contributed by atoms with van der Waals surface area (Å²) in [5, 5.41) is 6.04. The number of rotatable bonds is 6. The normalized spacial score (nSPS) is 10.2. The van der Waals surface area contributed by atoms with E-state index in [2.05, 4.69) is 15.6 Å². The van der Waals surface area contributed by atoms with Gasteiger partial charge in [-0.05, 0) is 48.9 Å². The molecule has 0 aliphatic heterocycles. The Labute approximate surface area is 158 Å². The lowest BCUT2D eigenvalue weighted by Crippen LogP contribution is -2.13. The average molecular weight is 363 g/mol. The van der Waals surface area contributed by atoms with Crippen LogP contribution >= 0.6 is 0 Å². The molecule has 2 N–H and O–H groups in total. The number of nitrogens with one attached hydrogen (secondary N) is 2. The van der Waals surface area contributed by atoms with E-state index in [1.165, 1.54) is 6.20 Å². The molecular weight excluding hydrogens is 342 g/mol. The van der Waals surface area contributed by atoms with Crippen molar-refractivity contribution in [2.24, 2.45) is 0 Å². The third-order valence-corrected chi connectivity index (χ3v) is 3.97. The maximum Gasteiger partial charge on any atom is 0.257 e. The Hall–Kier alpha value is -3.54. The number of aryl methyl sites for hydroxylation is 1. The summed E-state index contributed by atoms with van der Waals surface area (Å²) in [6, 6.07) is 16.7. The van der Waals surface area contributed by atoms with Gasteiger partial charge in [-0.15, -0.1) is 0 Å². The van der Waals surface area contributed by atoms with Crippen molar-refractivity contribution in [3.05, 3.63) is 71.9 Å². The minimum atomic E-state index is -0.281. The van der Waals surface area contributed by atoms with Crippen molar-refractivity contribution >= 4 is 23.1 Å². The fourth-order valence-electron chi connectivity index (χ4n) is 2.58. The highest BCUT2D eigenvalue weighted by Gasteiger charge is 2.11. The number of carbonyl (C=O) groups is 1. The van der Waals surface area contributed by atoms with E-state index in [0.29, 0.717) is 28.6 Å². The maximum absolute atomic E-state index is 12.5. The molecule has 3 aromatic rings. The van der Waals surface area contributed by atoms with Crippen LogP contribution in [0.2, 0.25) is 0 Å². The molecule has 1 aromatic heterocycles. The molecule has 0 atom stereocenters. The van der Waals surface area contributed by atoms with Gasteiger partial charge in [-0.3, -0.25) is 4.79 Å². The second-order valence-corrected chi connectivity index (χ2v) is 5.95. The summed E-state index contributed by atoms with van der Waals surface area (Å²) in [5.41, 5.74) is 3.07. The first-order chi connectivity index (χ1) is 13.1. The molecule has 3 rings (SSSR count). The van der Waals surface area contributed by atoms with Crippen LogP contribution in [0.3, 0.4) is 0 Å². The van der Waals surface area contributed by atoms with Gasteiger partial charge in [0.25, 0.3) is 5.91 Å². The lowest BCUT2D eigenvalue weighted by Gasteiger charge is -2.12. The highest BCUT2D eigenvalue weighted by molar-refractivity contribution is 6.05. The van der Waals surface area contributed by atoms with Gasteiger partial charge in [-0.1, -0.05) is 12.1 Å². The molecule has 0 saturated carbocycles. The molecule has 0 bridgehead atoms. The van der Waals surface area contributed by atoms with Gasteiger partial charge in [0, 0.05) is 18.0 Å². The van der Waals surface area contributed by atoms with Crippen LogP contribution in [0.25, 0.3) is 0 Å². The van der Waals surface area contributed by atoms with Crippen molar-refractivity contribution in [3.63, 3.8) is 0 Å². The lowest BCUT2D eigenvalue weighted by atomic mass is 10.2. The number of pyridine rings is 1. The van der Waals surface area contributed by atoms with Crippen LogP contribution in [-0.4, -0.2) is 25.1 Å². The number of carbonyl (C=O) groups excluding carboxylic acids is 1. The lowest BCUT2D eigenvalue weighted by molar-refractivity contribution is 0.102. The van der Waals surface area contributed by atoms with Gasteiger partial charge in [0.05, 0.1) is 25.5 Å². The molecular formula is C21H21N3O3. The molecule has 0 aliphatic carbocycles. The van der Waals surface area contributed by atoms with Crippen molar-refractivity contribution in [1.29, 1.82) is 0 Å². The minimum Gasteiger partial charge on any atom is -0.497 e. The average Bonchev–Trinajstić information content (AvgIpc) is 2.68. The minimum absolute atomic E-state index is 0.281. The summed E-state index contributed by atoms with van der Waals surface area (Å²) in [6.07, 6.45) is 1.53. The van der Waals surface area contributed by atoms with Crippen LogP contribution in [0.4, 0.5) is 17.2 Å². The molecule has 0 aliphatic rings. The standard InChI is InChI=1S/C21H21N3O3/c1-14-5-4-6-16(11-14)23-20-10-7-15(13-22-20)21(25)24-18-12-17(26-2)8-9-19(18)27-3/h4-13H,1-3H3,(H,22,23)(H,24,25). The quantitative estimate of drug-likeness (QED) is 0.679. The number of benzene rings is 2. The zero-order valence-corrected chi connectivity index (χ0v) is 15.4. The van der Waals surface area contributed by atoms with Gasteiger partial charge in [-0.2, -0.15) is 0 Å². The Balaban J connectivity index is 1.72. The Bertz CT molecular complexity index is 940. The van der Waals surface area contributed by atoms with Crippen LogP contribution in [0.15, 0.2) is 60.8 Å². The number of ether oxygens (including phenoxy) is 2. The second-order valence-electron chi connectivity index (χ2n) is 5.95. The molecule has 138 valence electrons. The van der Waals surface area contributed by atoms with Gasteiger partial charge < -0.3 is 20.1 Å². The molecule has 6 heteroatoms. The number of amides is 1. The van der Waals surface area contributed by atoms with Crippen molar-refractivity contribution in [2.45, 2.75) is 6.92 Å². The van der Waals surface area contributed by atoms with Gasteiger partial charge in [0.15, 0.2) is 0 Å². The highest BCUT2D eigenvalue weighted by Crippen LogP contribution is 2.29. The van der Waals surface area contributed by atoms with Crippen LogP contribution in [0.1, 0.15) is 15.9 Å². The summed E-state index contributed by atoms with van der Waals surface area (Å²) in [4.78, 5) is 16.8. The monoisotopic (exact) mass is 363 g/mol. The van der Waals surface area contributed by atoms with E-state index in [9.17, 15) is 4.79 Å². The van der Waals surface area contributed by atoms with E-state index in [1.807, 2.05) is 31.2 Å². The topological polar surface area (TPSA) is 72.5 Å². The first-order valence-electron chi connectivity index (χ1n) is 8.42. The summed E-state index contributed by atoms with van der Waals surface area (Å²) in [6.45, 7) is 2.03. The smallest absolute Gasteiger partial charge is 0.257 e. The van der Waals surface area contributed by atoms with Gasteiger partial charge in [0.1, 0.15) is 17.3 Å². The van der Waals surface area contributed by atoms with Gasteiger partial charge >= 0.3 is 0 Å². The summed E-state index contributed by atoms with van der Waals surface area (Å²) in [7, 11) is 3.11. The largest absolute Gasteiger partial charge is 0.497 e. The first kappa shape index (κ1) is 18.3. The van der Waals surface area contributed by atoms with Crippen molar-refractivity contribution < 1.29 is 14.3 Å². The fourth-order valence-corrected chi connectivity index (χ4v) is 2.58. The van der Waals surface area contributed by atoms with Gasteiger partial charge in [0.2, 0.25) is 0 Å². The molecule has 0 fully saturated rings. The number of methoxy groups -OCH3 is 2. The Kier molecular flexibility index (Phi) is 5.56. The Morgan fingerprint density at radius 2 is 1.85 bits per heavy atom. The predicted octanol–water partition coefficient (Wildman–Crippen LogP) is 4.40. The van der Waals surface area contributed by atoms with Crippen LogP contribution in [0, 0.1) is 6.92 Å². The van der Waals surface area contributed by atoms with E-state index in [-0.39, 0.29) is 5.91 Å². The third kappa shape index (κ3) is 4.55. The van der Waals surface area contributed by atoms with Crippen molar-refractivity contribution in [3.8, 4) is 11.5 Å². The first-order valence-corrected chi connectivity index (χ1v) is 8.42. The van der Waals surface area contributed by atoms with E-state index >= 15 is 0 Å². The van der Waals surface area contributed by atoms with Crippen molar-refractivity contribution in [2.75, 3.05) is 24.9 Å². The van der Waals surface area contributed by atoms with Crippen LogP contribution in [-0.2, 0) is 0 Å². The number of aromatic nitrogens is 1. The Morgan fingerprint density at radius 1 is 1.00 bits per heavy atom.